The number of fused-ring (bicyclic) bond motifs is 1. The molecule has 2 heterocycles. The van der Waals surface area contributed by atoms with Gasteiger partial charge < -0.3 is 9.15 Å². The predicted molar refractivity (Wildman–Crippen MR) is 74.9 cm³/mol. The van der Waals surface area contributed by atoms with Gasteiger partial charge >= 0.3 is 0 Å². The molecule has 0 bridgehead atoms. The minimum atomic E-state index is -0.0308. The smallest absolute Gasteiger partial charge is 0.127 e. The van der Waals surface area contributed by atoms with Crippen LogP contribution in [0.4, 0.5) is 0 Å². The molecule has 0 aliphatic carbocycles. The first-order valence-electron chi connectivity index (χ1n) is 5.80. The molecule has 94 valence electrons. The molecule has 0 amide bonds. The normalized spacial score (nSPS) is 15.3. The zero-order chi connectivity index (χ0) is 12.7. The molecular formula is C14H12BrClO2. The van der Waals surface area contributed by atoms with Gasteiger partial charge in [0.15, 0.2) is 0 Å². The summed E-state index contributed by atoms with van der Waals surface area (Å²) in [6.07, 6.45) is 0.916. The molecule has 0 saturated heterocycles. The fraction of sp³-hybridized carbons (Fsp3) is 0.286. The quantitative estimate of drug-likeness (QED) is 0.748. The van der Waals surface area contributed by atoms with Crippen molar-refractivity contribution in [2.45, 2.75) is 18.2 Å². The molecule has 2 nitrogen and oxygen atoms in total. The highest BCUT2D eigenvalue weighted by Gasteiger charge is 2.24. The van der Waals surface area contributed by atoms with Crippen molar-refractivity contribution >= 4 is 27.5 Å². The number of ether oxygens (including phenoxy) is 1. The van der Waals surface area contributed by atoms with Crippen LogP contribution in [0, 0.1) is 6.92 Å². The highest BCUT2D eigenvalue weighted by atomic mass is 79.9. The van der Waals surface area contributed by atoms with E-state index in [1.54, 1.807) is 0 Å². The van der Waals surface area contributed by atoms with Gasteiger partial charge in [0, 0.05) is 17.0 Å². The van der Waals surface area contributed by atoms with Crippen molar-refractivity contribution in [1.82, 2.24) is 0 Å². The highest BCUT2D eigenvalue weighted by molar-refractivity contribution is 9.09. The topological polar surface area (TPSA) is 22.4 Å². The van der Waals surface area contributed by atoms with Gasteiger partial charge in [-0.15, -0.1) is 0 Å². The molecule has 2 aromatic rings. The summed E-state index contributed by atoms with van der Waals surface area (Å²) in [6, 6.07) is 7.83. The van der Waals surface area contributed by atoms with E-state index in [0.29, 0.717) is 0 Å². The molecule has 0 spiro atoms. The Morgan fingerprint density at radius 3 is 2.89 bits per heavy atom. The monoisotopic (exact) mass is 326 g/mol. The van der Waals surface area contributed by atoms with Gasteiger partial charge in [-0.25, -0.2) is 0 Å². The highest BCUT2D eigenvalue weighted by Crippen LogP contribution is 2.42. The van der Waals surface area contributed by atoms with Crippen LogP contribution in [0.15, 0.2) is 28.7 Å². The summed E-state index contributed by atoms with van der Waals surface area (Å²) in [7, 11) is 0. The van der Waals surface area contributed by atoms with Crippen molar-refractivity contribution in [2.24, 2.45) is 0 Å². The molecule has 0 radical (unpaired) electrons. The van der Waals surface area contributed by atoms with Crippen molar-refractivity contribution in [3.8, 4) is 5.75 Å². The molecule has 1 atom stereocenters. The number of benzene rings is 1. The average molecular weight is 328 g/mol. The van der Waals surface area contributed by atoms with Gasteiger partial charge in [-0.05, 0) is 36.8 Å². The van der Waals surface area contributed by atoms with Crippen LogP contribution >= 0.6 is 27.5 Å². The van der Waals surface area contributed by atoms with Gasteiger partial charge in [0.25, 0.3) is 0 Å². The van der Waals surface area contributed by atoms with Gasteiger partial charge in [0.05, 0.1) is 6.61 Å². The van der Waals surface area contributed by atoms with E-state index >= 15 is 0 Å². The lowest BCUT2D eigenvalue weighted by atomic mass is 10.0. The van der Waals surface area contributed by atoms with Crippen molar-refractivity contribution < 1.29 is 9.15 Å². The van der Waals surface area contributed by atoms with E-state index in [-0.39, 0.29) is 4.83 Å². The Bertz CT molecular complexity index is 591. The van der Waals surface area contributed by atoms with Crippen LogP contribution in [0.2, 0.25) is 5.02 Å². The third-order valence-corrected chi connectivity index (χ3v) is 4.22. The Kier molecular flexibility index (Phi) is 3.12. The second-order valence-electron chi connectivity index (χ2n) is 4.39. The minimum Gasteiger partial charge on any atom is -0.493 e. The summed E-state index contributed by atoms with van der Waals surface area (Å²) in [4.78, 5) is -0.0308. The van der Waals surface area contributed by atoms with E-state index in [2.05, 4.69) is 15.9 Å². The van der Waals surface area contributed by atoms with Crippen LogP contribution in [0.1, 0.15) is 27.5 Å². The summed E-state index contributed by atoms with van der Waals surface area (Å²) in [6.45, 7) is 2.65. The van der Waals surface area contributed by atoms with Gasteiger partial charge in [0.2, 0.25) is 0 Å². The number of furan rings is 1. The van der Waals surface area contributed by atoms with Crippen molar-refractivity contribution in [1.29, 1.82) is 0 Å². The van der Waals surface area contributed by atoms with Crippen LogP contribution in [-0.4, -0.2) is 6.61 Å². The Labute approximate surface area is 119 Å². The zero-order valence-electron chi connectivity index (χ0n) is 9.87. The van der Waals surface area contributed by atoms with Gasteiger partial charge in [-0.1, -0.05) is 27.5 Å². The standard InChI is InChI=1S/C14H12BrClO2/c1-8-2-3-12(18-8)13(15)11-7-10(16)6-9-4-5-17-14(9)11/h2-3,6-7,13H,4-5H2,1H3. The molecule has 0 saturated carbocycles. The van der Waals surface area contributed by atoms with E-state index in [0.717, 1.165) is 40.9 Å². The molecule has 1 aliphatic rings. The number of alkyl halides is 1. The fourth-order valence-electron chi connectivity index (χ4n) is 2.23. The zero-order valence-corrected chi connectivity index (χ0v) is 12.2. The Balaban J connectivity index is 2.06. The summed E-state index contributed by atoms with van der Waals surface area (Å²) in [5.41, 5.74) is 2.20. The molecule has 0 fully saturated rings. The van der Waals surface area contributed by atoms with E-state index in [4.69, 9.17) is 20.8 Å². The Morgan fingerprint density at radius 1 is 1.33 bits per heavy atom. The van der Waals surface area contributed by atoms with E-state index in [1.165, 1.54) is 5.56 Å². The summed E-state index contributed by atoms with van der Waals surface area (Å²) in [5.74, 6) is 2.71. The second-order valence-corrected chi connectivity index (χ2v) is 5.74. The maximum absolute atomic E-state index is 6.16. The van der Waals surface area contributed by atoms with Crippen LogP contribution < -0.4 is 4.74 Å². The van der Waals surface area contributed by atoms with Crippen LogP contribution in [0.3, 0.4) is 0 Å². The lowest BCUT2D eigenvalue weighted by Gasteiger charge is -2.13. The van der Waals surface area contributed by atoms with Gasteiger partial charge in [0.1, 0.15) is 22.1 Å². The van der Waals surface area contributed by atoms with Crippen molar-refractivity contribution in [3.63, 3.8) is 0 Å². The lowest BCUT2D eigenvalue weighted by Crippen LogP contribution is -1.96. The molecule has 1 unspecified atom stereocenters. The van der Waals surface area contributed by atoms with Crippen molar-refractivity contribution in [2.75, 3.05) is 6.61 Å². The molecule has 1 aromatic heterocycles. The fourth-order valence-corrected chi connectivity index (χ4v) is 3.06. The maximum Gasteiger partial charge on any atom is 0.127 e. The largest absolute Gasteiger partial charge is 0.493 e. The van der Waals surface area contributed by atoms with Crippen LogP contribution in [0.5, 0.6) is 5.75 Å². The van der Waals surface area contributed by atoms with Crippen LogP contribution in [-0.2, 0) is 6.42 Å². The third kappa shape index (κ3) is 2.06. The first-order chi connectivity index (χ1) is 8.65. The van der Waals surface area contributed by atoms with E-state index in [1.807, 2.05) is 31.2 Å². The molecule has 3 rings (SSSR count). The number of halogens is 2. The maximum atomic E-state index is 6.16. The lowest BCUT2D eigenvalue weighted by molar-refractivity contribution is 0.353. The van der Waals surface area contributed by atoms with E-state index in [9.17, 15) is 0 Å². The SMILES string of the molecule is Cc1ccc(C(Br)c2cc(Cl)cc3c2OCC3)o1. The molecule has 4 heteroatoms. The first kappa shape index (κ1) is 12.1. The molecule has 0 N–H and O–H groups in total. The summed E-state index contributed by atoms with van der Waals surface area (Å²) < 4.78 is 11.4. The average Bonchev–Trinajstić information content (AvgIpc) is 2.95. The minimum absolute atomic E-state index is 0.0308. The Hall–Kier alpha value is -0.930. The number of rotatable bonds is 2. The Morgan fingerprint density at radius 2 is 2.17 bits per heavy atom. The predicted octanol–water partition coefficient (Wildman–Crippen LogP) is 4.66. The molecule has 1 aliphatic heterocycles. The number of aryl methyl sites for hydroxylation is 1. The first-order valence-corrected chi connectivity index (χ1v) is 7.10. The summed E-state index contributed by atoms with van der Waals surface area (Å²) >= 11 is 9.82. The summed E-state index contributed by atoms with van der Waals surface area (Å²) in [5, 5.41) is 0.738. The molecular weight excluding hydrogens is 316 g/mol. The van der Waals surface area contributed by atoms with Crippen molar-refractivity contribution in [3.05, 3.63) is 51.9 Å². The molecule has 18 heavy (non-hydrogen) atoms. The van der Waals surface area contributed by atoms with Crippen LogP contribution in [0.25, 0.3) is 0 Å². The second kappa shape index (κ2) is 4.63. The number of hydrogen-bond acceptors (Lipinski definition) is 2. The van der Waals surface area contributed by atoms with Gasteiger partial charge in [-0.3, -0.25) is 0 Å². The van der Waals surface area contributed by atoms with Gasteiger partial charge in [-0.2, -0.15) is 0 Å². The molecule has 1 aromatic carbocycles. The number of hydrogen-bond donors (Lipinski definition) is 0. The third-order valence-electron chi connectivity index (χ3n) is 3.06. The van der Waals surface area contributed by atoms with E-state index < -0.39 is 0 Å².